The van der Waals surface area contributed by atoms with E-state index in [9.17, 15) is 8.42 Å². The number of sulfonamides is 1. The first kappa shape index (κ1) is 14.9. The molecule has 1 aliphatic carbocycles. The largest absolute Gasteiger partial charge is 0.387 e. The van der Waals surface area contributed by atoms with Crippen molar-refractivity contribution in [2.45, 2.75) is 49.5 Å². The number of nitrogens with one attached hydrogen (secondary N) is 1. The first-order chi connectivity index (χ1) is 10.1. The minimum Gasteiger partial charge on any atom is -0.387 e. The average molecular weight is 308 g/mol. The summed E-state index contributed by atoms with van der Waals surface area (Å²) in [4.78, 5) is 0.415. The zero-order chi connectivity index (χ0) is 14.9. The molecule has 2 unspecified atom stereocenters. The van der Waals surface area contributed by atoms with Crippen LogP contribution >= 0.6 is 0 Å². The van der Waals surface area contributed by atoms with Gasteiger partial charge in [-0.2, -0.15) is 4.31 Å². The molecule has 0 amide bonds. The Kier molecular flexibility index (Phi) is 4.22. The minimum atomic E-state index is -3.40. The van der Waals surface area contributed by atoms with Gasteiger partial charge in [0.15, 0.2) is 0 Å². The highest BCUT2D eigenvalue weighted by molar-refractivity contribution is 7.89. The molecule has 0 bridgehead atoms. The third-order valence-corrected chi connectivity index (χ3v) is 6.92. The van der Waals surface area contributed by atoms with E-state index in [4.69, 9.17) is 0 Å². The molecule has 1 saturated carbocycles. The van der Waals surface area contributed by atoms with Gasteiger partial charge in [-0.3, -0.25) is 0 Å². The van der Waals surface area contributed by atoms with Crippen molar-refractivity contribution in [3.8, 4) is 0 Å². The maximum absolute atomic E-state index is 13.1. The molecule has 1 heterocycles. The lowest BCUT2D eigenvalue weighted by molar-refractivity contribution is 0.129. The SMILES string of the molecule is CNc1ccccc1S(=O)(=O)N1CCCC2CCCCC21. The minimum absolute atomic E-state index is 0.211. The molecule has 0 aromatic heterocycles. The summed E-state index contributed by atoms with van der Waals surface area (Å²) in [6, 6.07) is 7.42. The summed E-state index contributed by atoms with van der Waals surface area (Å²) in [6.07, 6.45) is 6.78. The number of anilines is 1. The predicted molar refractivity (Wildman–Crippen MR) is 84.9 cm³/mol. The molecule has 3 rings (SSSR count). The Morgan fingerprint density at radius 1 is 1.10 bits per heavy atom. The molecule has 0 spiro atoms. The maximum Gasteiger partial charge on any atom is 0.245 e. The Morgan fingerprint density at radius 3 is 2.62 bits per heavy atom. The van der Waals surface area contributed by atoms with Crippen LogP contribution in [0.3, 0.4) is 0 Å². The van der Waals surface area contributed by atoms with Crippen LogP contribution in [0.2, 0.25) is 0 Å². The molecule has 116 valence electrons. The number of hydrogen-bond acceptors (Lipinski definition) is 3. The van der Waals surface area contributed by atoms with E-state index < -0.39 is 10.0 Å². The van der Waals surface area contributed by atoms with Crippen LogP contribution in [-0.4, -0.2) is 32.4 Å². The number of benzene rings is 1. The summed E-state index contributed by atoms with van der Waals surface area (Å²) in [6.45, 7) is 0.668. The van der Waals surface area contributed by atoms with Crippen molar-refractivity contribution in [3.63, 3.8) is 0 Å². The number of piperidine rings is 1. The van der Waals surface area contributed by atoms with Crippen molar-refractivity contribution in [1.82, 2.24) is 4.31 Å². The molecule has 1 aromatic rings. The third kappa shape index (κ3) is 2.69. The molecule has 4 nitrogen and oxygen atoms in total. The van der Waals surface area contributed by atoms with Gasteiger partial charge in [0, 0.05) is 19.6 Å². The molecule has 0 radical (unpaired) electrons. The highest BCUT2D eigenvalue weighted by Gasteiger charge is 2.40. The fraction of sp³-hybridized carbons (Fsp3) is 0.625. The second-order valence-electron chi connectivity index (χ2n) is 6.12. The smallest absolute Gasteiger partial charge is 0.245 e. The lowest BCUT2D eigenvalue weighted by Gasteiger charge is -2.43. The maximum atomic E-state index is 13.1. The monoisotopic (exact) mass is 308 g/mol. The summed E-state index contributed by atoms with van der Waals surface area (Å²) in [5, 5.41) is 3.01. The van der Waals surface area contributed by atoms with Crippen molar-refractivity contribution in [3.05, 3.63) is 24.3 Å². The number of hydrogen-bond donors (Lipinski definition) is 1. The van der Waals surface area contributed by atoms with E-state index in [0.717, 1.165) is 19.3 Å². The van der Waals surface area contributed by atoms with Crippen molar-refractivity contribution in [2.75, 3.05) is 18.9 Å². The van der Waals surface area contributed by atoms with Gasteiger partial charge < -0.3 is 5.32 Å². The lowest BCUT2D eigenvalue weighted by Crippen LogP contribution is -2.49. The molecule has 2 aliphatic rings. The second-order valence-corrected chi connectivity index (χ2v) is 7.98. The van der Waals surface area contributed by atoms with Crippen molar-refractivity contribution >= 4 is 15.7 Å². The molecule has 1 saturated heterocycles. The van der Waals surface area contributed by atoms with E-state index in [2.05, 4.69) is 5.32 Å². The molecular formula is C16H24N2O2S. The van der Waals surface area contributed by atoms with Crippen LogP contribution in [0.25, 0.3) is 0 Å². The number of rotatable bonds is 3. The molecule has 1 N–H and O–H groups in total. The van der Waals surface area contributed by atoms with Gasteiger partial charge in [0.25, 0.3) is 0 Å². The Balaban J connectivity index is 1.96. The molecular weight excluding hydrogens is 284 g/mol. The summed E-state index contributed by atoms with van der Waals surface area (Å²) >= 11 is 0. The highest BCUT2D eigenvalue weighted by atomic mass is 32.2. The molecule has 21 heavy (non-hydrogen) atoms. The summed E-state index contributed by atoms with van der Waals surface area (Å²) in [7, 11) is -1.63. The molecule has 1 aromatic carbocycles. The Labute approximate surface area is 127 Å². The van der Waals surface area contributed by atoms with Gasteiger partial charge in [-0.15, -0.1) is 0 Å². The van der Waals surface area contributed by atoms with Crippen LogP contribution in [0.5, 0.6) is 0 Å². The highest BCUT2D eigenvalue weighted by Crippen LogP contribution is 2.38. The third-order valence-electron chi connectivity index (χ3n) is 4.94. The van der Waals surface area contributed by atoms with E-state index in [1.807, 2.05) is 12.1 Å². The first-order valence-corrected chi connectivity index (χ1v) is 9.37. The molecule has 2 atom stereocenters. The van der Waals surface area contributed by atoms with Gasteiger partial charge in [0.1, 0.15) is 4.90 Å². The van der Waals surface area contributed by atoms with Gasteiger partial charge >= 0.3 is 0 Å². The van der Waals surface area contributed by atoms with Crippen molar-refractivity contribution in [2.24, 2.45) is 5.92 Å². The fourth-order valence-corrected chi connectivity index (χ4v) is 5.86. The van der Waals surface area contributed by atoms with Gasteiger partial charge in [-0.05, 0) is 43.7 Å². The van der Waals surface area contributed by atoms with E-state index in [1.165, 1.54) is 19.3 Å². The van der Waals surface area contributed by atoms with E-state index in [0.29, 0.717) is 23.0 Å². The lowest BCUT2D eigenvalue weighted by atomic mass is 9.79. The van der Waals surface area contributed by atoms with Crippen LogP contribution in [-0.2, 0) is 10.0 Å². The van der Waals surface area contributed by atoms with Crippen molar-refractivity contribution < 1.29 is 8.42 Å². The summed E-state index contributed by atoms with van der Waals surface area (Å²) in [5.74, 6) is 0.559. The Morgan fingerprint density at radius 2 is 1.81 bits per heavy atom. The second kappa shape index (κ2) is 5.97. The van der Waals surface area contributed by atoms with Crippen LogP contribution in [0, 0.1) is 5.92 Å². The first-order valence-electron chi connectivity index (χ1n) is 7.93. The number of para-hydroxylation sites is 1. The summed E-state index contributed by atoms with van der Waals surface area (Å²) < 4.78 is 28.0. The zero-order valence-electron chi connectivity index (χ0n) is 12.6. The van der Waals surface area contributed by atoms with Gasteiger partial charge in [0.05, 0.1) is 5.69 Å². The Bertz CT molecular complexity index is 598. The number of fused-ring (bicyclic) bond motifs is 1. The standard InChI is InChI=1S/C16H24N2O2S/c1-17-14-9-3-5-11-16(14)21(19,20)18-12-6-8-13-7-2-4-10-15(13)18/h3,5,9,11,13,15,17H,2,4,6-8,10,12H2,1H3. The van der Waals surface area contributed by atoms with E-state index >= 15 is 0 Å². The van der Waals surface area contributed by atoms with Crippen LogP contribution in [0.15, 0.2) is 29.2 Å². The van der Waals surface area contributed by atoms with Gasteiger partial charge in [0.2, 0.25) is 10.0 Å². The predicted octanol–water partition coefficient (Wildman–Crippen LogP) is 3.07. The quantitative estimate of drug-likeness (QED) is 0.933. The van der Waals surface area contributed by atoms with E-state index in [1.54, 1.807) is 23.5 Å². The Hall–Kier alpha value is -1.07. The fourth-order valence-electron chi connectivity index (χ4n) is 3.90. The van der Waals surface area contributed by atoms with Crippen LogP contribution in [0.4, 0.5) is 5.69 Å². The molecule has 2 fully saturated rings. The topological polar surface area (TPSA) is 49.4 Å². The van der Waals surface area contributed by atoms with Gasteiger partial charge in [-0.1, -0.05) is 25.0 Å². The normalized spacial score (nSPS) is 27.1. The molecule has 5 heteroatoms. The number of nitrogens with zero attached hydrogens (tertiary/aromatic N) is 1. The van der Waals surface area contributed by atoms with Crippen molar-refractivity contribution in [1.29, 1.82) is 0 Å². The van der Waals surface area contributed by atoms with Crippen LogP contribution in [0.1, 0.15) is 38.5 Å². The van der Waals surface area contributed by atoms with Crippen LogP contribution < -0.4 is 5.32 Å². The summed E-state index contributed by atoms with van der Waals surface area (Å²) in [5.41, 5.74) is 0.690. The van der Waals surface area contributed by atoms with Gasteiger partial charge in [-0.25, -0.2) is 8.42 Å². The van der Waals surface area contributed by atoms with E-state index in [-0.39, 0.29) is 6.04 Å². The molecule has 1 aliphatic heterocycles. The zero-order valence-corrected chi connectivity index (χ0v) is 13.4. The average Bonchev–Trinajstić information content (AvgIpc) is 2.54.